The maximum absolute atomic E-state index is 2.36. The Hall–Kier alpha value is 0. The van der Waals surface area contributed by atoms with Crippen molar-refractivity contribution in [2.45, 2.75) is 98.3 Å². The van der Waals surface area contributed by atoms with Gasteiger partial charge in [-0.25, -0.2) is 0 Å². The van der Waals surface area contributed by atoms with Crippen LogP contribution in [0, 0.1) is 11.8 Å². The molecule has 0 saturated heterocycles. The quantitative estimate of drug-likeness (QED) is 0.338. The first-order valence-electron chi connectivity index (χ1n) is 8.20. The van der Waals surface area contributed by atoms with Gasteiger partial charge in [0.15, 0.2) is 0 Å². The molecule has 0 amide bonds. The third-order valence-electron chi connectivity index (χ3n) is 3.83. The van der Waals surface area contributed by atoms with Crippen LogP contribution in [-0.2, 0) is 0 Å². The van der Waals surface area contributed by atoms with Gasteiger partial charge in [-0.05, 0) is 11.8 Å². The lowest BCUT2D eigenvalue weighted by molar-refractivity contribution is 0.354. The van der Waals surface area contributed by atoms with Gasteiger partial charge in [-0.2, -0.15) is 0 Å². The normalized spacial score (nSPS) is 13.2. The van der Waals surface area contributed by atoms with Crippen molar-refractivity contribution in [1.29, 1.82) is 0 Å². The Morgan fingerprint density at radius 2 is 1.12 bits per heavy atom. The fourth-order valence-electron chi connectivity index (χ4n) is 2.54. The van der Waals surface area contributed by atoms with Crippen molar-refractivity contribution >= 4 is 0 Å². The first kappa shape index (κ1) is 17.0. The van der Waals surface area contributed by atoms with Gasteiger partial charge in [0.25, 0.3) is 0 Å². The van der Waals surface area contributed by atoms with E-state index in [1.807, 2.05) is 0 Å². The second-order valence-corrected chi connectivity index (χ2v) is 6.18. The van der Waals surface area contributed by atoms with Crippen LogP contribution in [0.25, 0.3) is 0 Å². The van der Waals surface area contributed by atoms with Gasteiger partial charge in [-0.15, -0.1) is 0 Å². The molecule has 0 aromatic rings. The van der Waals surface area contributed by atoms with E-state index in [9.17, 15) is 0 Å². The summed E-state index contributed by atoms with van der Waals surface area (Å²) in [5.41, 5.74) is 0. The van der Waals surface area contributed by atoms with Gasteiger partial charge < -0.3 is 0 Å². The summed E-state index contributed by atoms with van der Waals surface area (Å²) in [5.74, 6) is 1.92. The Labute approximate surface area is 111 Å². The maximum atomic E-state index is 2.36. The van der Waals surface area contributed by atoms with Crippen molar-refractivity contribution < 1.29 is 0 Å². The molecule has 0 nitrogen and oxygen atoms in total. The molecule has 0 aromatic heterocycles. The number of hydrogen-bond donors (Lipinski definition) is 0. The molecular weight excluding hydrogens is 204 g/mol. The first-order valence-corrected chi connectivity index (χ1v) is 8.20. The van der Waals surface area contributed by atoms with Crippen LogP contribution in [0.3, 0.4) is 0 Å². The van der Waals surface area contributed by atoms with Gasteiger partial charge in [0.1, 0.15) is 0 Å². The molecule has 0 heteroatoms. The predicted octanol–water partition coefficient (Wildman–Crippen LogP) is 6.59. The second kappa shape index (κ2) is 12.5. The molecular formula is C17H36. The Bertz CT molecular complexity index is 137. The third kappa shape index (κ3) is 12.2. The summed E-state index contributed by atoms with van der Waals surface area (Å²) in [7, 11) is 0. The minimum absolute atomic E-state index is 0.888. The maximum Gasteiger partial charge on any atom is -0.0414 e. The monoisotopic (exact) mass is 240 g/mol. The molecule has 0 aliphatic carbocycles. The lowest BCUT2D eigenvalue weighted by Crippen LogP contribution is -2.03. The van der Waals surface area contributed by atoms with Gasteiger partial charge in [0, 0.05) is 0 Å². The predicted molar refractivity (Wildman–Crippen MR) is 80.5 cm³/mol. The molecule has 0 aliphatic rings. The number of rotatable bonds is 12. The topological polar surface area (TPSA) is 0 Å². The number of unbranched alkanes of at least 4 members (excludes halogenated alkanes) is 5. The molecule has 0 heterocycles. The van der Waals surface area contributed by atoms with E-state index in [4.69, 9.17) is 0 Å². The van der Waals surface area contributed by atoms with Crippen LogP contribution < -0.4 is 0 Å². The Kier molecular flexibility index (Phi) is 12.5. The molecule has 0 aliphatic heterocycles. The molecule has 0 saturated carbocycles. The van der Waals surface area contributed by atoms with Crippen LogP contribution in [0.5, 0.6) is 0 Å². The summed E-state index contributed by atoms with van der Waals surface area (Å²) in [6.07, 6.45) is 15.9. The zero-order valence-corrected chi connectivity index (χ0v) is 12.9. The molecule has 17 heavy (non-hydrogen) atoms. The highest BCUT2D eigenvalue weighted by molar-refractivity contribution is 4.62. The van der Waals surface area contributed by atoms with E-state index in [1.165, 1.54) is 70.6 Å². The highest BCUT2D eigenvalue weighted by Crippen LogP contribution is 2.24. The second-order valence-electron chi connectivity index (χ2n) is 6.18. The van der Waals surface area contributed by atoms with E-state index in [2.05, 4.69) is 27.7 Å². The van der Waals surface area contributed by atoms with Gasteiger partial charge >= 0.3 is 0 Å². The summed E-state index contributed by atoms with van der Waals surface area (Å²) < 4.78 is 0. The zero-order chi connectivity index (χ0) is 12.9. The van der Waals surface area contributed by atoms with Gasteiger partial charge in [0.05, 0.1) is 0 Å². The summed E-state index contributed by atoms with van der Waals surface area (Å²) in [5, 5.41) is 0. The van der Waals surface area contributed by atoms with E-state index in [1.54, 1.807) is 0 Å². The fraction of sp³-hybridized carbons (Fsp3) is 1.00. The number of hydrogen-bond acceptors (Lipinski definition) is 0. The Morgan fingerprint density at radius 1 is 0.588 bits per heavy atom. The van der Waals surface area contributed by atoms with Crippen molar-refractivity contribution in [3.8, 4) is 0 Å². The van der Waals surface area contributed by atoms with Crippen molar-refractivity contribution in [3.63, 3.8) is 0 Å². The average molecular weight is 240 g/mol. The minimum Gasteiger partial charge on any atom is -0.0654 e. The molecule has 0 bridgehead atoms. The van der Waals surface area contributed by atoms with Crippen LogP contribution in [0.15, 0.2) is 0 Å². The average Bonchev–Trinajstić information content (AvgIpc) is 2.30. The van der Waals surface area contributed by atoms with Gasteiger partial charge in [-0.1, -0.05) is 98.3 Å². The van der Waals surface area contributed by atoms with Crippen LogP contribution >= 0.6 is 0 Å². The molecule has 0 radical (unpaired) electrons. The van der Waals surface area contributed by atoms with E-state index in [-0.39, 0.29) is 0 Å². The fourth-order valence-corrected chi connectivity index (χ4v) is 2.54. The Balaban J connectivity index is 3.67. The van der Waals surface area contributed by atoms with Crippen molar-refractivity contribution in [1.82, 2.24) is 0 Å². The molecule has 0 aromatic carbocycles. The summed E-state index contributed by atoms with van der Waals surface area (Å²) in [6, 6.07) is 0. The smallest absolute Gasteiger partial charge is 0.0414 e. The van der Waals surface area contributed by atoms with Crippen molar-refractivity contribution in [2.75, 3.05) is 0 Å². The first-order chi connectivity index (χ1) is 8.20. The highest BCUT2D eigenvalue weighted by Gasteiger charge is 2.09. The lowest BCUT2D eigenvalue weighted by Gasteiger charge is -2.18. The molecule has 0 spiro atoms. The SMILES string of the molecule is CCCCCCC(CCCCC)CCC(C)C. The molecule has 0 rings (SSSR count). The van der Waals surface area contributed by atoms with Crippen LogP contribution in [0.1, 0.15) is 98.3 Å². The van der Waals surface area contributed by atoms with Crippen LogP contribution in [-0.4, -0.2) is 0 Å². The Morgan fingerprint density at radius 3 is 1.65 bits per heavy atom. The summed E-state index contributed by atoms with van der Waals surface area (Å²) in [6.45, 7) is 9.34. The van der Waals surface area contributed by atoms with E-state index in [0.717, 1.165) is 11.8 Å². The standard InChI is InChI=1S/C17H36/c1-5-7-9-11-13-17(12-10-8-6-2)15-14-16(3)4/h16-17H,5-15H2,1-4H3. The molecule has 1 unspecified atom stereocenters. The lowest BCUT2D eigenvalue weighted by atomic mass is 9.88. The molecule has 0 N–H and O–H groups in total. The van der Waals surface area contributed by atoms with Crippen molar-refractivity contribution in [3.05, 3.63) is 0 Å². The van der Waals surface area contributed by atoms with E-state index in [0.29, 0.717) is 0 Å². The minimum atomic E-state index is 0.888. The summed E-state index contributed by atoms with van der Waals surface area (Å²) >= 11 is 0. The van der Waals surface area contributed by atoms with E-state index >= 15 is 0 Å². The van der Waals surface area contributed by atoms with Crippen LogP contribution in [0.4, 0.5) is 0 Å². The van der Waals surface area contributed by atoms with Crippen molar-refractivity contribution in [2.24, 2.45) is 11.8 Å². The largest absolute Gasteiger partial charge is 0.0654 e. The third-order valence-corrected chi connectivity index (χ3v) is 3.83. The van der Waals surface area contributed by atoms with Crippen LogP contribution in [0.2, 0.25) is 0 Å². The summed E-state index contributed by atoms with van der Waals surface area (Å²) in [4.78, 5) is 0. The van der Waals surface area contributed by atoms with Gasteiger partial charge in [-0.3, -0.25) is 0 Å². The molecule has 104 valence electrons. The van der Waals surface area contributed by atoms with E-state index < -0.39 is 0 Å². The highest BCUT2D eigenvalue weighted by atomic mass is 14.1. The molecule has 1 atom stereocenters. The zero-order valence-electron chi connectivity index (χ0n) is 12.9. The molecule has 0 fully saturated rings. The van der Waals surface area contributed by atoms with Gasteiger partial charge in [0.2, 0.25) is 0 Å².